The number of ether oxygens (including phenoxy) is 1. The number of esters is 1. The number of phenols is 1. The Hall–Kier alpha value is -1.84. The molecule has 4 nitrogen and oxygen atoms in total. The zero-order chi connectivity index (χ0) is 10.6. The minimum absolute atomic E-state index is 0.0575. The van der Waals surface area contributed by atoms with Crippen molar-refractivity contribution in [2.45, 2.75) is 6.42 Å². The first-order valence-corrected chi connectivity index (χ1v) is 4.03. The SMILES string of the molecule is COC(=O)c1c(O)cccc1CC=O. The molecule has 0 amide bonds. The molecule has 0 aromatic heterocycles. The number of carbonyl (C=O) groups is 2. The normalized spacial score (nSPS) is 9.50. The van der Waals surface area contributed by atoms with Crippen LogP contribution >= 0.6 is 0 Å². The topological polar surface area (TPSA) is 63.6 Å². The molecule has 0 aliphatic rings. The summed E-state index contributed by atoms with van der Waals surface area (Å²) in [6.07, 6.45) is 0.750. The summed E-state index contributed by atoms with van der Waals surface area (Å²) in [5, 5.41) is 9.40. The molecule has 0 aliphatic heterocycles. The van der Waals surface area contributed by atoms with E-state index in [1.54, 1.807) is 12.1 Å². The number of benzene rings is 1. The third-order valence-corrected chi connectivity index (χ3v) is 1.82. The van der Waals surface area contributed by atoms with Gasteiger partial charge in [-0.15, -0.1) is 0 Å². The Morgan fingerprint density at radius 1 is 1.57 bits per heavy atom. The molecule has 14 heavy (non-hydrogen) atoms. The molecular weight excluding hydrogens is 184 g/mol. The van der Waals surface area contributed by atoms with Gasteiger partial charge in [0.2, 0.25) is 0 Å². The van der Waals surface area contributed by atoms with Crippen LogP contribution in [0.4, 0.5) is 0 Å². The van der Waals surface area contributed by atoms with Gasteiger partial charge >= 0.3 is 5.97 Å². The van der Waals surface area contributed by atoms with Crippen LogP contribution in [0.15, 0.2) is 18.2 Å². The fraction of sp³-hybridized carbons (Fsp3) is 0.200. The van der Waals surface area contributed by atoms with Gasteiger partial charge in [0, 0.05) is 6.42 Å². The van der Waals surface area contributed by atoms with Gasteiger partial charge in [0.15, 0.2) is 0 Å². The molecule has 0 unspecified atom stereocenters. The van der Waals surface area contributed by atoms with Gasteiger partial charge < -0.3 is 14.6 Å². The van der Waals surface area contributed by atoms with E-state index in [0.29, 0.717) is 11.8 Å². The van der Waals surface area contributed by atoms with E-state index in [1.165, 1.54) is 13.2 Å². The second-order valence-corrected chi connectivity index (χ2v) is 2.67. The van der Waals surface area contributed by atoms with Gasteiger partial charge in [0.05, 0.1) is 7.11 Å². The van der Waals surface area contributed by atoms with Crippen molar-refractivity contribution in [2.24, 2.45) is 0 Å². The molecule has 0 radical (unpaired) electrons. The summed E-state index contributed by atoms with van der Waals surface area (Å²) in [5.74, 6) is -0.809. The molecule has 1 aromatic rings. The molecule has 0 fully saturated rings. The third-order valence-electron chi connectivity index (χ3n) is 1.82. The smallest absolute Gasteiger partial charge is 0.341 e. The molecule has 0 spiro atoms. The summed E-state index contributed by atoms with van der Waals surface area (Å²) in [5.41, 5.74) is 0.522. The van der Waals surface area contributed by atoms with E-state index in [4.69, 9.17) is 0 Å². The summed E-state index contributed by atoms with van der Waals surface area (Å²) in [7, 11) is 1.22. The van der Waals surface area contributed by atoms with Crippen LogP contribution in [0, 0.1) is 0 Å². The lowest BCUT2D eigenvalue weighted by Crippen LogP contribution is -2.06. The quantitative estimate of drug-likeness (QED) is 0.574. The summed E-state index contributed by atoms with van der Waals surface area (Å²) in [6.45, 7) is 0. The maximum absolute atomic E-state index is 11.2. The number of carbonyl (C=O) groups excluding carboxylic acids is 2. The maximum Gasteiger partial charge on any atom is 0.341 e. The Labute approximate surface area is 81.1 Å². The Balaban J connectivity index is 3.21. The minimum Gasteiger partial charge on any atom is -0.507 e. The summed E-state index contributed by atoms with van der Waals surface area (Å²) < 4.78 is 4.49. The van der Waals surface area contributed by atoms with Crippen LogP contribution < -0.4 is 0 Å². The lowest BCUT2D eigenvalue weighted by atomic mass is 10.0. The van der Waals surface area contributed by atoms with Gasteiger partial charge in [-0.05, 0) is 11.6 Å². The summed E-state index contributed by atoms with van der Waals surface area (Å²) >= 11 is 0. The molecule has 0 bridgehead atoms. The molecule has 0 atom stereocenters. The molecule has 4 heteroatoms. The zero-order valence-corrected chi connectivity index (χ0v) is 7.69. The molecule has 0 saturated carbocycles. The van der Waals surface area contributed by atoms with Crippen molar-refractivity contribution in [2.75, 3.05) is 7.11 Å². The predicted molar refractivity (Wildman–Crippen MR) is 49.2 cm³/mol. The molecule has 0 aliphatic carbocycles. The van der Waals surface area contributed by atoms with E-state index in [1.807, 2.05) is 0 Å². The van der Waals surface area contributed by atoms with Crippen molar-refractivity contribution in [1.82, 2.24) is 0 Å². The highest BCUT2D eigenvalue weighted by molar-refractivity contribution is 5.94. The maximum atomic E-state index is 11.2. The Kier molecular flexibility index (Phi) is 3.23. The molecule has 1 N–H and O–H groups in total. The minimum atomic E-state index is -0.639. The van der Waals surface area contributed by atoms with Crippen LogP contribution in [0.5, 0.6) is 5.75 Å². The number of hydrogen-bond donors (Lipinski definition) is 1. The van der Waals surface area contributed by atoms with Crippen LogP contribution in [0.25, 0.3) is 0 Å². The zero-order valence-electron chi connectivity index (χ0n) is 7.69. The van der Waals surface area contributed by atoms with Gasteiger partial charge in [0.25, 0.3) is 0 Å². The monoisotopic (exact) mass is 194 g/mol. The van der Waals surface area contributed by atoms with Gasteiger partial charge in [-0.3, -0.25) is 0 Å². The first-order valence-electron chi connectivity index (χ1n) is 4.03. The molecular formula is C10H10O4. The number of aromatic hydroxyl groups is 1. The molecule has 0 heterocycles. The standard InChI is InChI=1S/C10H10O4/c1-14-10(13)9-7(5-6-11)3-2-4-8(9)12/h2-4,6,12H,5H2,1H3. The highest BCUT2D eigenvalue weighted by Crippen LogP contribution is 2.21. The van der Waals surface area contributed by atoms with Crippen LogP contribution in [-0.4, -0.2) is 24.5 Å². The highest BCUT2D eigenvalue weighted by atomic mass is 16.5. The van der Waals surface area contributed by atoms with Crippen molar-refractivity contribution in [3.63, 3.8) is 0 Å². The fourth-order valence-electron chi connectivity index (χ4n) is 1.18. The average molecular weight is 194 g/mol. The van der Waals surface area contributed by atoms with E-state index in [-0.39, 0.29) is 17.7 Å². The van der Waals surface area contributed by atoms with E-state index in [0.717, 1.165) is 0 Å². The van der Waals surface area contributed by atoms with E-state index in [9.17, 15) is 14.7 Å². The second-order valence-electron chi connectivity index (χ2n) is 2.67. The van der Waals surface area contributed by atoms with Gasteiger partial charge in [-0.25, -0.2) is 4.79 Å². The van der Waals surface area contributed by atoms with Crippen molar-refractivity contribution < 1.29 is 19.4 Å². The Morgan fingerprint density at radius 2 is 2.29 bits per heavy atom. The van der Waals surface area contributed by atoms with Crippen LogP contribution in [0.2, 0.25) is 0 Å². The lowest BCUT2D eigenvalue weighted by Gasteiger charge is -2.06. The van der Waals surface area contributed by atoms with Gasteiger partial charge in [-0.1, -0.05) is 12.1 Å². The van der Waals surface area contributed by atoms with E-state index < -0.39 is 5.97 Å². The number of phenolic OH excluding ortho intramolecular Hbond substituents is 1. The highest BCUT2D eigenvalue weighted by Gasteiger charge is 2.15. The molecule has 1 aromatic carbocycles. The third kappa shape index (κ3) is 1.90. The van der Waals surface area contributed by atoms with Gasteiger partial charge in [0.1, 0.15) is 17.6 Å². The lowest BCUT2D eigenvalue weighted by molar-refractivity contribution is -0.107. The number of hydrogen-bond acceptors (Lipinski definition) is 4. The van der Waals surface area contributed by atoms with Crippen molar-refractivity contribution in [1.29, 1.82) is 0 Å². The summed E-state index contributed by atoms with van der Waals surface area (Å²) in [4.78, 5) is 21.5. The van der Waals surface area contributed by atoms with Crippen molar-refractivity contribution in [3.05, 3.63) is 29.3 Å². The fourth-order valence-corrected chi connectivity index (χ4v) is 1.18. The van der Waals surface area contributed by atoms with Crippen LogP contribution in [-0.2, 0) is 16.0 Å². The van der Waals surface area contributed by atoms with Crippen molar-refractivity contribution >= 4 is 12.3 Å². The van der Waals surface area contributed by atoms with Crippen LogP contribution in [0.1, 0.15) is 15.9 Å². The first-order chi connectivity index (χ1) is 6.70. The van der Waals surface area contributed by atoms with E-state index >= 15 is 0 Å². The van der Waals surface area contributed by atoms with E-state index in [2.05, 4.69) is 4.74 Å². The average Bonchev–Trinajstić information content (AvgIpc) is 2.18. The first kappa shape index (κ1) is 10.2. The Morgan fingerprint density at radius 3 is 2.86 bits per heavy atom. The number of aldehydes is 1. The largest absolute Gasteiger partial charge is 0.507 e. The molecule has 0 saturated heterocycles. The Bertz CT molecular complexity index is 357. The second kappa shape index (κ2) is 4.41. The summed E-state index contributed by atoms with van der Waals surface area (Å²) in [6, 6.07) is 4.54. The predicted octanol–water partition coefficient (Wildman–Crippen LogP) is 0.920. The number of rotatable bonds is 3. The number of methoxy groups -OCH3 is 1. The molecule has 74 valence electrons. The van der Waals surface area contributed by atoms with Crippen molar-refractivity contribution in [3.8, 4) is 5.75 Å². The van der Waals surface area contributed by atoms with Gasteiger partial charge in [-0.2, -0.15) is 0 Å². The molecule has 1 rings (SSSR count). The van der Waals surface area contributed by atoms with Crippen LogP contribution in [0.3, 0.4) is 0 Å².